The molecule has 1 aromatic carbocycles. The van der Waals surface area contributed by atoms with E-state index in [0.717, 1.165) is 0 Å². The van der Waals surface area contributed by atoms with E-state index in [4.69, 9.17) is 28.7 Å². The number of nitrogens with zero attached hydrogens (tertiary/aromatic N) is 4. The van der Waals surface area contributed by atoms with Crippen molar-refractivity contribution < 1.29 is 73.5 Å². The third-order valence-corrected chi connectivity index (χ3v) is 12.8. The van der Waals surface area contributed by atoms with Crippen molar-refractivity contribution >= 4 is 82.9 Å². The summed E-state index contributed by atoms with van der Waals surface area (Å²) in [5.41, 5.74) is 28.8. The number of amides is 8. The number of nitrogens with one attached hydrogen (secondary N) is 8. The maximum Gasteiger partial charge on any atom is 0.326 e. The number of imidazole rings is 1. The van der Waals surface area contributed by atoms with Gasteiger partial charge in [0.25, 0.3) is 0 Å². The molecule has 32 nitrogen and oxygen atoms in total. The van der Waals surface area contributed by atoms with E-state index in [9.17, 15) is 73.5 Å². The number of carboxylic acid groups (broad SMARTS) is 2. The molecule has 0 aliphatic carbocycles. The van der Waals surface area contributed by atoms with Crippen LogP contribution in [0.4, 0.5) is 0 Å². The van der Waals surface area contributed by atoms with E-state index in [-0.39, 0.29) is 94.4 Å². The van der Waals surface area contributed by atoms with Gasteiger partial charge in [-0.1, -0.05) is 12.1 Å². The van der Waals surface area contributed by atoms with E-state index in [1.807, 2.05) is 0 Å². The van der Waals surface area contributed by atoms with Crippen molar-refractivity contribution in [2.24, 2.45) is 38.7 Å². The Kier molecular flexibility index (Phi) is 27.9. The number of aliphatic carboxylic acids is 2. The number of aliphatic imine (C=N–C) groups is 2. The predicted octanol–water partition coefficient (Wildman–Crippen LogP) is -6.98. The molecule has 33 heteroatoms. The number of H-pyrrole nitrogens is 1. The molecule has 2 heterocycles. The molecule has 1 aliphatic rings. The normalized spacial score (nSPS) is 15.8. The lowest BCUT2D eigenvalue weighted by atomic mass is 10.0. The Morgan fingerprint density at radius 3 is 1.69 bits per heavy atom. The minimum absolute atomic E-state index is 0.0000172. The molecule has 442 valence electrons. The fourth-order valence-electron chi connectivity index (χ4n) is 8.02. The van der Waals surface area contributed by atoms with E-state index in [2.05, 4.69) is 57.2 Å². The summed E-state index contributed by atoms with van der Waals surface area (Å²) in [5, 5.41) is 66.2. The SMILES string of the molecule is CSCC[C@H](NC(=O)[C@H](CO)NC(=O)[C@H](CCCN=C(N)N)NC(=O)[C@H](CO)NC(=O)[C@H](CC(=O)O)NC(=O)[C@@H](N)Cc1ccc(O)cc1)C(=O)N[C@@H](CCCN=C(N)N)C(=O)N1CCC[C@H]1C(=O)N[C@@H](Cc1cnc[nH]1)C(=O)O. The zero-order valence-electron chi connectivity index (χ0n) is 43.9. The van der Waals surface area contributed by atoms with Crippen molar-refractivity contribution in [1.29, 1.82) is 0 Å². The van der Waals surface area contributed by atoms with E-state index in [1.165, 1.54) is 53.5 Å². The quantitative estimate of drug-likeness (QED) is 0.0173. The smallest absolute Gasteiger partial charge is 0.326 e. The summed E-state index contributed by atoms with van der Waals surface area (Å²) in [6.45, 7) is -2.17. The number of nitrogens with two attached hydrogens (primary N) is 5. The second-order valence-electron chi connectivity index (χ2n) is 18.4. The summed E-state index contributed by atoms with van der Waals surface area (Å²) < 4.78 is 0. The Morgan fingerprint density at radius 1 is 0.688 bits per heavy atom. The number of carboxylic acids is 2. The zero-order chi connectivity index (χ0) is 59.5. The molecule has 0 saturated carbocycles. The Bertz CT molecular complexity index is 2480. The summed E-state index contributed by atoms with van der Waals surface area (Å²) in [6, 6.07) is -8.00. The molecule has 0 bridgehead atoms. The molecule has 80 heavy (non-hydrogen) atoms. The molecule has 1 aliphatic heterocycles. The molecule has 8 amide bonds. The van der Waals surface area contributed by atoms with Gasteiger partial charge in [-0.25, -0.2) is 9.78 Å². The monoisotopic (exact) mass is 1150 g/mol. The predicted molar refractivity (Wildman–Crippen MR) is 287 cm³/mol. The molecule has 1 saturated heterocycles. The first-order valence-corrected chi connectivity index (χ1v) is 26.6. The maximum atomic E-state index is 14.3. The first kappa shape index (κ1) is 66.0. The molecule has 1 aromatic heterocycles. The van der Waals surface area contributed by atoms with Gasteiger partial charge in [-0.3, -0.25) is 53.1 Å². The van der Waals surface area contributed by atoms with Crippen LogP contribution < -0.4 is 65.9 Å². The third-order valence-electron chi connectivity index (χ3n) is 12.2. The Hall–Kier alpha value is -8.30. The number of aliphatic hydroxyl groups is 2. The van der Waals surface area contributed by atoms with Crippen molar-refractivity contribution in [2.75, 3.05) is 44.9 Å². The van der Waals surface area contributed by atoms with Gasteiger partial charge in [0.1, 0.15) is 54.1 Å². The van der Waals surface area contributed by atoms with Gasteiger partial charge in [0.2, 0.25) is 47.3 Å². The molecule has 2 aromatic rings. The molecule has 1 fully saturated rings. The number of carbonyl (C=O) groups is 10. The number of likely N-dealkylation sites (tertiary alicyclic amines) is 1. The number of aromatic nitrogens is 2. The lowest BCUT2D eigenvalue weighted by molar-refractivity contribution is -0.145. The van der Waals surface area contributed by atoms with Gasteiger partial charge in [0, 0.05) is 37.9 Å². The lowest BCUT2D eigenvalue weighted by Gasteiger charge is -2.30. The topological polar surface area (TPSA) is 543 Å². The fraction of sp³-hybridized carbons (Fsp3) is 0.553. The highest BCUT2D eigenvalue weighted by molar-refractivity contribution is 7.98. The Labute approximate surface area is 463 Å². The molecule has 0 spiro atoms. The summed E-state index contributed by atoms with van der Waals surface area (Å²) in [4.78, 5) is 149. The molecular weight excluding hydrogens is 1070 g/mol. The van der Waals surface area contributed by atoms with Crippen LogP contribution in [0.25, 0.3) is 0 Å². The highest BCUT2D eigenvalue weighted by Gasteiger charge is 2.40. The van der Waals surface area contributed by atoms with Crippen molar-refractivity contribution in [3.05, 3.63) is 48.0 Å². The second kappa shape index (κ2) is 33.9. The van der Waals surface area contributed by atoms with E-state index in [0.29, 0.717) is 17.7 Å². The van der Waals surface area contributed by atoms with E-state index in [1.54, 1.807) is 6.26 Å². The average molecular weight is 1150 g/mol. The van der Waals surface area contributed by atoms with Gasteiger partial charge in [-0.05, 0) is 81.1 Å². The Balaban J connectivity index is 1.80. The molecule has 0 radical (unpaired) electrons. The van der Waals surface area contributed by atoms with Gasteiger partial charge >= 0.3 is 11.9 Å². The molecular formula is C47H73N17O15S. The maximum absolute atomic E-state index is 14.3. The number of aromatic hydroxyl groups is 1. The number of guanidine groups is 2. The first-order valence-electron chi connectivity index (χ1n) is 25.2. The number of phenols is 1. The fourth-order valence-corrected chi connectivity index (χ4v) is 8.49. The van der Waals surface area contributed by atoms with Crippen LogP contribution in [0.15, 0.2) is 46.8 Å². The number of aliphatic hydroxyl groups excluding tert-OH is 2. The van der Waals surface area contributed by atoms with Crippen LogP contribution in [0, 0.1) is 0 Å². The van der Waals surface area contributed by atoms with Gasteiger partial charge in [-0.2, -0.15) is 11.8 Å². The third kappa shape index (κ3) is 22.6. The molecule has 0 unspecified atom stereocenters. The van der Waals surface area contributed by atoms with Crippen molar-refractivity contribution in [1.82, 2.24) is 52.1 Å². The highest BCUT2D eigenvalue weighted by Crippen LogP contribution is 2.21. The molecule has 3 rings (SSSR count). The van der Waals surface area contributed by atoms with Gasteiger partial charge < -0.3 is 101 Å². The van der Waals surface area contributed by atoms with Crippen LogP contribution >= 0.6 is 11.8 Å². The number of hydrogen-bond acceptors (Lipinski definition) is 18. The van der Waals surface area contributed by atoms with Crippen molar-refractivity contribution in [3.8, 4) is 5.75 Å². The number of phenolic OH excluding ortho intramolecular Hbond substituents is 1. The summed E-state index contributed by atoms with van der Waals surface area (Å²) in [7, 11) is 0. The van der Waals surface area contributed by atoms with E-state index >= 15 is 0 Å². The minimum atomic E-state index is -1.87. The number of carbonyl (C=O) groups excluding carboxylic acids is 8. The first-order chi connectivity index (χ1) is 38.0. The number of aromatic amines is 1. The van der Waals surface area contributed by atoms with Crippen LogP contribution in [0.5, 0.6) is 5.75 Å². The summed E-state index contributed by atoms with van der Waals surface area (Å²) in [6.07, 6.45) is 3.52. The van der Waals surface area contributed by atoms with Crippen molar-refractivity contribution in [2.45, 2.75) is 119 Å². The van der Waals surface area contributed by atoms with Crippen LogP contribution in [-0.4, -0.2) is 211 Å². The van der Waals surface area contributed by atoms with Crippen LogP contribution in [0.1, 0.15) is 62.6 Å². The largest absolute Gasteiger partial charge is 0.508 e. The number of rotatable bonds is 35. The number of benzene rings is 1. The van der Waals surface area contributed by atoms with E-state index < -0.39 is 133 Å². The van der Waals surface area contributed by atoms with Crippen molar-refractivity contribution in [3.63, 3.8) is 0 Å². The zero-order valence-corrected chi connectivity index (χ0v) is 44.7. The van der Waals surface area contributed by atoms with Gasteiger partial charge in [0.15, 0.2) is 11.9 Å². The van der Waals surface area contributed by atoms with Crippen LogP contribution in [-0.2, 0) is 60.8 Å². The van der Waals surface area contributed by atoms with Crippen LogP contribution in [0.2, 0.25) is 0 Å². The Morgan fingerprint density at radius 2 is 1.19 bits per heavy atom. The minimum Gasteiger partial charge on any atom is -0.508 e. The van der Waals surface area contributed by atoms with Gasteiger partial charge in [0.05, 0.1) is 32.0 Å². The standard InChI is InChI=1S/C47H73N17O15S/c1-80-16-12-29(39(72)59-30(6-3-14-55-47(51)52)44(77)64-15-4-7-35(64)43(76)61-32(45(78)79)18-25-20-53-23-56-25)58-42(75)33(21-65)62-38(71)28(5-2-13-54-46(49)50)57-41(74)34(22-66)63-40(73)31(19-36(68)69)60-37(70)27(48)17-24-8-10-26(67)11-9-24/h8-11,20,23,27-35,65-67H,2-7,12-19,21-22,48H2,1H3,(H,53,56)(H,57,74)(H,58,75)(H,59,72)(H,60,70)(H,61,76)(H,62,71)(H,63,73)(H,68,69)(H,78,79)(H4,49,50,54)(H4,51,52,55)/t27-,28-,29-,30-,31-,32-,33-,34-,35-/m0/s1. The number of thioether (sulfide) groups is 1. The molecule has 9 atom stereocenters. The second-order valence-corrected chi connectivity index (χ2v) is 19.3. The van der Waals surface area contributed by atoms with Gasteiger partial charge in [-0.15, -0.1) is 0 Å². The lowest BCUT2D eigenvalue weighted by Crippen LogP contribution is -2.61. The summed E-state index contributed by atoms with van der Waals surface area (Å²) >= 11 is 1.29. The molecule has 23 N–H and O–H groups in total. The van der Waals surface area contributed by atoms with Crippen LogP contribution in [0.3, 0.4) is 0 Å². The summed E-state index contributed by atoms with van der Waals surface area (Å²) in [5.74, 6) is -11.1. The average Bonchev–Trinajstić information content (AvgIpc) is 4.13. The number of hydrogen-bond donors (Lipinski definition) is 18. The highest BCUT2D eigenvalue weighted by atomic mass is 32.2.